The standard InChI is InChI=1S/C18H16F2N6O2/c1-26-18(21-24-25-26)17(12-6-4-3-5-7-12)23-28-11-16(22-27-2)13-8-9-14(19)15(20)10-13/h3-10H,11H2,1-2H3/b22-16-,23-17-. The number of hydrogen-bond donors (Lipinski definition) is 0. The fraction of sp³-hybridized carbons (Fsp3) is 0.167. The summed E-state index contributed by atoms with van der Waals surface area (Å²) >= 11 is 0. The first kappa shape index (κ1) is 19.1. The van der Waals surface area contributed by atoms with Crippen LogP contribution in [0.4, 0.5) is 8.78 Å². The Balaban J connectivity index is 1.86. The fourth-order valence-electron chi connectivity index (χ4n) is 2.35. The van der Waals surface area contributed by atoms with Crippen LogP contribution in [-0.4, -0.2) is 45.3 Å². The van der Waals surface area contributed by atoms with Gasteiger partial charge < -0.3 is 9.68 Å². The number of tetrazole rings is 1. The van der Waals surface area contributed by atoms with E-state index in [1.54, 1.807) is 7.05 Å². The molecule has 3 rings (SSSR count). The van der Waals surface area contributed by atoms with Crippen molar-refractivity contribution in [2.24, 2.45) is 17.4 Å². The van der Waals surface area contributed by atoms with Gasteiger partial charge in [-0.1, -0.05) is 40.6 Å². The minimum Gasteiger partial charge on any atom is -0.399 e. The molecular weight excluding hydrogens is 370 g/mol. The average Bonchev–Trinajstić information content (AvgIpc) is 3.13. The van der Waals surface area contributed by atoms with Crippen molar-refractivity contribution in [1.82, 2.24) is 20.2 Å². The van der Waals surface area contributed by atoms with E-state index in [1.807, 2.05) is 30.3 Å². The van der Waals surface area contributed by atoms with E-state index in [0.29, 0.717) is 17.1 Å². The Bertz CT molecular complexity index is 1000. The first-order valence-electron chi connectivity index (χ1n) is 8.13. The van der Waals surface area contributed by atoms with Gasteiger partial charge in [-0.3, -0.25) is 0 Å². The van der Waals surface area contributed by atoms with Crippen molar-refractivity contribution >= 4 is 11.4 Å². The third kappa shape index (κ3) is 4.34. The first-order chi connectivity index (χ1) is 13.6. The number of hydrogen-bond acceptors (Lipinski definition) is 7. The van der Waals surface area contributed by atoms with Crippen LogP contribution in [0.15, 0.2) is 58.8 Å². The molecule has 0 bridgehead atoms. The summed E-state index contributed by atoms with van der Waals surface area (Å²) in [5, 5.41) is 19.3. The zero-order chi connectivity index (χ0) is 19.9. The van der Waals surface area contributed by atoms with Crippen LogP contribution in [0.5, 0.6) is 0 Å². The van der Waals surface area contributed by atoms with Gasteiger partial charge in [0.05, 0.1) is 0 Å². The maximum absolute atomic E-state index is 13.5. The van der Waals surface area contributed by atoms with E-state index in [1.165, 1.54) is 17.9 Å². The van der Waals surface area contributed by atoms with Gasteiger partial charge in [0, 0.05) is 18.2 Å². The first-order valence-corrected chi connectivity index (χ1v) is 8.13. The molecule has 0 amide bonds. The highest BCUT2D eigenvalue weighted by molar-refractivity contribution is 6.10. The molecule has 28 heavy (non-hydrogen) atoms. The molecule has 0 radical (unpaired) electrons. The number of benzene rings is 2. The van der Waals surface area contributed by atoms with Crippen LogP contribution in [0, 0.1) is 11.6 Å². The number of halogens is 2. The van der Waals surface area contributed by atoms with Crippen molar-refractivity contribution in [2.75, 3.05) is 13.7 Å². The zero-order valence-electron chi connectivity index (χ0n) is 15.1. The van der Waals surface area contributed by atoms with Gasteiger partial charge >= 0.3 is 0 Å². The van der Waals surface area contributed by atoms with Gasteiger partial charge in [-0.2, -0.15) is 0 Å². The van der Waals surface area contributed by atoms with Crippen molar-refractivity contribution in [3.63, 3.8) is 0 Å². The Morgan fingerprint density at radius 2 is 1.82 bits per heavy atom. The van der Waals surface area contributed by atoms with E-state index >= 15 is 0 Å². The largest absolute Gasteiger partial charge is 0.399 e. The summed E-state index contributed by atoms with van der Waals surface area (Å²) in [6.07, 6.45) is 0. The Labute approximate surface area is 159 Å². The van der Waals surface area contributed by atoms with Crippen LogP contribution in [0.1, 0.15) is 17.0 Å². The number of aromatic nitrogens is 4. The van der Waals surface area contributed by atoms with E-state index in [9.17, 15) is 8.78 Å². The molecule has 0 aliphatic carbocycles. The normalized spacial score (nSPS) is 12.1. The lowest BCUT2D eigenvalue weighted by Gasteiger charge is -2.08. The molecule has 1 heterocycles. The van der Waals surface area contributed by atoms with E-state index in [-0.39, 0.29) is 12.3 Å². The molecule has 0 fully saturated rings. The topological polar surface area (TPSA) is 86.8 Å². The minimum atomic E-state index is -1.00. The number of oxime groups is 2. The van der Waals surface area contributed by atoms with Crippen molar-refractivity contribution in [3.8, 4) is 0 Å². The molecule has 0 N–H and O–H groups in total. The fourth-order valence-corrected chi connectivity index (χ4v) is 2.35. The Morgan fingerprint density at radius 3 is 2.46 bits per heavy atom. The zero-order valence-corrected chi connectivity index (χ0v) is 15.1. The average molecular weight is 386 g/mol. The van der Waals surface area contributed by atoms with E-state index in [2.05, 4.69) is 25.8 Å². The van der Waals surface area contributed by atoms with Crippen molar-refractivity contribution in [3.05, 3.63) is 77.1 Å². The monoisotopic (exact) mass is 386 g/mol. The molecule has 0 atom stereocenters. The predicted octanol–water partition coefficient (Wildman–Crippen LogP) is 2.31. The third-order valence-corrected chi connectivity index (χ3v) is 3.69. The Morgan fingerprint density at radius 1 is 1.04 bits per heavy atom. The molecule has 0 aliphatic heterocycles. The van der Waals surface area contributed by atoms with E-state index < -0.39 is 11.6 Å². The van der Waals surface area contributed by atoms with Gasteiger partial charge in [0.15, 0.2) is 24.0 Å². The van der Waals surface area contributed by atoms with Crippen molar-refractivity contribution in [1.29, 1.82) is 0 Å². The van der Waals surface area contributed by atoms with Crippen LogP contribution in [0.25, 0.3) is 0 Å². The van der Waals surface area contributed by atoms with Crippen LogP contribution in [0.2, 0.25) is 0 Å². The summed E-state index contributed by atoms with van der Waals surface area (Å²) in [5.74, 6) is -1.57. The highest BCUT2D eigenvalue weighted by Gasteiger charge is 2.16. The van der Waals surface area contributed by atoms with Gasteiger partial charge in [0.2, 0.25) is 5.82 Å². The number of rotatable bonds is 7. The lowest BCUT2D eigenvalue weighted by molar-refractivity contribution is 0.173. The van der Waals surface area contributed by atoms with Crippen molar-refractivity contribution in [2.45, 2.75) is 0 Å². The van der Waals surface area contributed by atoms with E-state index in [0.717, 1.165) is 17.7 Å². The van der Waals surface area contributed by atoms with E-state index in [4.69, 9.17) is 9.68 Å². The molecule has 1 aromatic heterocycles. The van der Waals surface area contributed by atoms with Crippen LogP contribution in [-0.2, 0) is 16.7 Å². The van der Waals surface area contributed by atoms with Gasteiger partial charge in [-0.15, -0.1) is 5.10 Å². The predicted molar refractivity (Wildman–Crippen MR) is 96.7 cm³/mol. The van der Waals surface area contributed by atoms with Gasteiger partial charge in [0.1, 0.15) is 12.8 Å². The SMILES string of the molecule is CO/N=C(/CO/N=C(/c1ccccc1)c1nnnn1C)c1ccc(F)c(F)c1. The maximum atomic E-state index is 13.5. The molecule has 0 saturated heterocycles. The summed E-state index contributed by atoms with van der Waals surface area (Å²) in [5.41, 5.74) is 1.67. The molecule has 0 aliphatic rings. The van der Waals surface area contributed by atoms with Crippen LogP contribution in [0.3, 0.4) is 0 Å². The maximum Gasteiger partial charge on any atom is 0.204 e. The number of aryl methyl sites for hydroxylation is 1. The number of nitrogens with zero attached hydrogens (tertiary/aromatic N) is 6. The Kier molecular flexibility index (Phi) is 6.00. The van der Waals surface area contributed by atoms with Gasteiger partial charge in [-0.25, -0.2) is 13.5 Å². The van der Waals surface area contributed by atoms with Crippen LogP contribution < -0.4 is 0 Å². The van der Waals surface area contributed by atoms with Gasteiger partial charge in [0.25, 0.3) is 0 Å². The molecule has 3 aromatic rings. The highest BCUT2D eigenvalue weighted by atomic mass is 19.2. The molecule has 0 saturated carbocycles. The second-order valence-electron chi connectivity index (χ2n) is 5.55. The molecule has 8 nitrogen and oxygen atoms in total. The molecular formula is C18H16F2N6O2. The van der Waals surface area contributed by atoms with Gasteiger partial charge in [-0.05, 0) is 28.6 Å². The third-order valence-electron chi connectivity index (χ3n) is 3.69. The van der Waals surface area contributed by atoms with Crippen molar-refractivity contribution < 1.29 is 18.5 Å². The molecule has 0 spiro atoms. The minimum absolute atomic E-state index is 0.152. The Hall–Kier alpha value is -3.69. The summed E-state index contributed by atoms with van der Waals surface area (Å²) in [4.78, 5) is 10.2. The second kappa shape index (κ2) is 8.80. The lowest BCUT2D eigenvalue weighted by Crippen LogP contribution is -2.14. The van der Waals surface area contributed by atoms with Crippen LogP contribution >= 0.6 is 0 Å². The molecule has 144 valence electrons. The summed E-state index contributed by atoms with van der Waals surface area (Å²) in [7, 11) is 3.01. The highest BCUT2D eigenvalue weighted by Crippen LogP contribution is 2.12. The smallest absolute Gasteiger partial charge is 0.204 e. The summed E-state index contributed by atoms with van der Waals surface area (Å²) in [6.45, 7) is -0.152. The second-order valence-corrected chi connectivity index (χ2v) is 5.55. The summed E-state index contributed by atoms with van der Waals surface area (Å²) < 4.78 is 28.1. The molecule has 2 aromatic carbocycles. The summed E-state index contributed by atoms with van der Waals surface area (Å²) in [6, 6.07) is 12.6. The molecule has 0 unspecified atom stereocenters. The lowest BCUT2D eigenvalue weighted by atomic mass is 10.1. The quantitative estimate of drug-likeness (QED) is 0.459. The molecule has 10 heteroatoms.